The number of hydrogen-bond donors (Lipinski definition) is 2. The van der Waals surface area contributed by atoms with Crippen LogP contribution in [-0.4, -0.2) is 22.4 Å². The Morgan fingerprint density at radius 1 is 1.19 bits per heavy atom. The third kappa shape index (κ3) is 4.53. The molecule has 5 nitrogen and oxygen atoms in total. The van der Waals surface area contributed by atoms with Crippen molar-refractivity contribution in [2.75, 3.05) is 11.9 Å². The van der Waals surface area contributed by atoms with E-state index in [-0.39, 0.29) is 5.91 Å². The first kappa shape index (κ1) is 15.4. The summed E-state index contributed by atoms with van der Waals surface area (Å²) < 4.78 is 0. The Balaban J connectivity index is 1.87. The van der Waals surface area contributed by atoms with Gasteiger partial charge in [-0.25, -0.2) is 9.97 Å². The van der Waals surface area contributed by atoms with Crippen LogP contribution in [0.3, 0.4) is 0 Å². The second-order valence-corrected chi connectivity index (χ2v) is 5.87. The molecule has 2 aromatic heterocycles. The number of carbonyl (C=O) groups is 1. The molecule has 0 fully saturated rings. The maximum Gasteiger partial charge on any atom is 0.271 e. The van der Waals surface area contributed by atoms with Gasteiger partial charge in [-0.2, -0.15) is 0 Å². The summed E-state index contributed by atoms with van der Waals surface area (Å²) in [4.78, 5) is 22.8. The summed E-state index contributed by atoms with van der Waals surface area (Å²) in [5.74, 6) is 0.496. The Hall–Kier alpha value is -1.95. The number of amides is 1. The molecule has 0 unspecified atom stereocenters. The van der Waals surface area contributed by atoms with Crippen molar-refractivity contribution in [2.24, 2.45) is 0 Å². The minimum absolute atomic E-state index is 0.198. The van der Waals surface area contributed by atoms with E-state index in [1.54, 1.807) is 17.5 Å². The van der Waals surface area contributed by atoms with E-state index in [0.29, 0.717) is 18.1 Å². The number of carbonyl (C=O) groups excluding carboxylic acids is 1. The van der Waals surface area contributed by atoms with E-state index in [0.717, 1.165) is 24.3 Å². The highest BCUT2D eigenvalue weighted by atomic mass is 32.1. The largest absolute Gasteiger partial charge is 0.369 e. The van der Waals surface area contributed by atoms with Crippen molar-refractivity contribution in [3.63, 3.8) is 0 Å². The fourth-order valence-corrected chi connectivity index (χ4v) is 2.65. The van der Waals surface area contributed by atoms with E-state index in [9.17, 15) is 4.79 Å². The zero-order valence-corrected chi connectivity index (χ0v) is 13.2. The summed E-state index contributed by atoms with van der Waals surface area (Å²) in [5.41, 5.74) is 0.337. The molecule has 0 radical (unpaired) electrons. The zero-order valence-electron chi connectivity index (χ0n) is 12.3. The van der Waals surface area contributed by atoms with Gasteiger partial charge in [0.15, 0.2) is 0 Å². The van der Waals surface area contributed by atoms with Gasteiger partial charge in [0.25, 0.3) is 5.91 Å². The molecule has 0 saturated carbocycles. The molecule has 2 heterocycles. The highest BCUT2D eigenvalue weighted by molar-refractivity contribution is 7.11. The molecule has 112 valence electrons. The molecule has 0 aliphatic heterocycles. The van der Waals surface area contributed by atoms with E-state index >= 15 is 0 Å². The lowest BCUT2D eigenvalue weighted by atomic mass is 10.3. The molecule has 1 amide bonds. The van der Waals surface area contributed by atoms with E-state index in [1.165, 1.54) is 11.1 Å². The predicted molar refractivity (Wildman–Crippen MR) is 85.7 cm³/mol. The second-order valence-electron chi connectivity index (χ2n) is 4.62. The average Bonchev–Trinajstić information content (AvgIpc) is 2.99. The lowest BCUT2D eigenvalue weighted by Gasteiger charge is -2.05. The molecule has 0 aromatic carbocycles. The topological polar surface area (TPSA) is 66.9 Å². The van der Waals surface area contributed by atoms with Crippen molar-refractivity contribution in [1.82, 2.24) is 15.3 Å². The van der Waals surface area contributed by atoms with E-state index in [2.05, 4.69) is 40.5 Å². The van der Waals surface area contributed by atoms with Gasteiger partial charge in [-0.1, -0.05) is 13.8 Å². The standard InChI is InChI=1S/C15H20N4OS/c1-3-7-16-14-10-17-13(9-18-14)15(20)19-8-12-6-5-11(4-2)21-12/h5-6,9-10H,3-4,7-8H2,1-2H3,(H,16,18)(H,19,20). The maximum absolute atomic E-state index is 12.0. The van der Waals surface area contributed by atoms with Crippen molar-refractivity contribution in [2.45, 2.75) is 33.2 Å². The number of nitrogens with zero attached hydrogens (tertiary/aromatic N) is 2. The third-order valence-corrected chi connectivity index (χ3v) is 4.16. The van der Waals surface area contributed by atoms with E-state index < -0.39 is 0 Å². The quantitative estimate of drug-likeness (QED) is 0.825. The van der Waals surface area contributed by atoms with Crippen LogP contribution in [0.4, 0.5) is 5.82 Å². The Kier molecular flexibility index (Phi) is 5.68. The average molecular weight is 304 g/mol. The minimum atomic E-state index is -0.198. The fraction of sp³-hybridized carbons (Fsp3) is 0.400. The molecule has 0 aliphatic rings. The molecule has 0 bridgehead atoms. The Morgan fingerprint density at radius 3 is 2.62 bits per heavy atom. The van der Waals surface area contributed by atoms with Crippen molar-refractivity contribution in [1.29, 1.82) is 0 Å². The monoisotopic (exact) mass is 304 g/mol. The van der Waals surface area contributed by atoms with Gasteiger partial charge >= 0.3 is 0 Å². The van der Waals surface area contributed by atoms with Gasteiger partial charge < -0.3 is 10.6 Å². The van der Waals surface area contributed by atoms with Crippen molar-refractivity contribution >= 4 is 23.1 Å². The number of rotatable bonds is 7. The number of aryl methyl sites for hydroxylation is 1. The first-order valence-corrected chi connectivity index (χ1v) is 7.96. The zero-order chi connectivity index (χ0) is 15.1. The first-order chi connectivity index (χ1) is 10.2. The molecule has 0 atom stereocenters. The number of hydrogen-bond acceptors (Lipinski definition) is 5. The normalized spacial score (nSPS) is 10.4. The number of anilines is 1. The van der Waals surface area contributed by atoms with Gasteiger partial charge in [0.2, 0.25) is 0 Å². The summed E-state index contributed by atoms with van der Waals surface area (Å²) in [6.07, 6.45) is 5.13. The molecule has 0 saturated heterocycles. The number of aromatic nitrogens is 2. The van der Waals surface area contributed by atoms with Gasteiger partial charge in [0.05, 0.1) is 18.9 Å². The van der Waals surface area contributed by atoms with E-state index in [4.69, 9.17) is 0 Å². The third-order valence-electron chi connectivity index (χ3n) is 2.93. The van der Waals surface area contributed by atoms with Crippen LogP contribution in [0.2, 0.25) is 0 Å². The Bertz CT molecular complexity index is 580. The molecule has 2 aromatic rings. The van der Waals surface area contributed by atoms with Crippen LogP contribution in [-0.2, 0) is 13.0 Å². The minimum Gasteiger partial charge on any atom is -0.369 e. The van der Waals surface area contributed by atoms with Crippen LogP contribution in [0.5, 0.6) is 0 Å². The summed E-state index contributed by atoms with van der Waals surface area (Å²) in [6, 6.07) is 4.15. The molecular weight excluding hydrogens is 284 g/mol. The highest BCUT2D eigenvalue weighted by Gasteiger charge is 2.08. The lowest BCUT2D eigenvalue weighted by molar-refractivity contribution is 0.0946. The van der Waals surface area contributed by atoms with Gasteiger partial charge in [0.1, 0.15) is 11.5 Å². The second kappa shape index (κ2) is 7.73. The Morgan fingerprint density at radius 2 is 2.00 bits per heavy atom. The molecule has 0 spiro atoms. The van der Waals surface area contributed by atoms with E-state index in [1.807, 2.05) is 6.07 Å². The van der Waals surface area contributed by atoms with Crippen LogP contribution in [0.15, 0.2) is 24.5 Å². The fourth-order valence-electron chi connectivity index (χ4n) is 1.75. The highest BCUT2D eigenvalue weighted by Crippen LogP contribution is 2.16. The predicted octanol–water partition coefficient (Wildman–Crippen LogP) is 2.85. The van der Waals surface area contributed by atoms with Crippen molar-refractivity contribution < 1.29 is 4.79 Å². The summed E-state index contributed by atoms with van der Waals surface area (Å²) in [5, 5.41) is 5.99. The van der Waals surface area contributed by atoms with Crippen LogP contribution in [0, 0.1) is 0 Å². The summed E-state index contributed by atoms with van der Waals surface area (Å²) in [6.45, 7) is 5.58. The van der Waals surface area contributed by atoms with Crippen LogP contribution in [0.25, 0.3) is 0 Å². The van der Waals surface area contributed by atoms with Crippen molar-refractivity contribution in [3.8, 4) is 0 Å². The number of thiophene rings is 1. The molecular formula is C15H20N4OS. The molecule has 0 aliphatic carbocycles. The van der Waals surface area contributed by atoms with Crippen LogP contribution < -0.4 is 10.6 Å². The molecule has 2 N–H and O–H groups in total. The molecule has 6 heteroatoms. The number of nitrogens with one attached hydrogen (secondary N) is 2. The van der Waals surface area contributed by atoms with Gasteiger partial charge in [0, 0.05) is 16.3 Å². The van der Waals surface area contributed by atoms with Crippen LogP contribution >= 0.6 is 11.3 Å². The van der Waals surface area contributed by atoms with Gasteiger partial charge in [-0.3, -0.25) is 4.79 Å². The smallest absolute Gasteiger partial charge is 0.271 e. The molecule has 21 heavy (non-hydrogen) atoms. The van der Waals surface area contributed by atoms with Gasteiger partial charge in [-0.15, -0.1) is 11.3 Å². The Labute approximate surface area is 128 Å². The van der Waals surface area contributed by atoms with Crippen LogP contribution in [0.1, 0.15) is 40.5 Å². The lowest BCUT2D eigenvalue weighted by Crippen LogP contribution is -2.23. The summed E-state index contributed by atoms with van der Waals surface area (Å²) >= 11 is 1.72. The van der Waals surface area contributed by atoms with Crippen molar-refractivity contribution in [3.05, 3.63) is 40.0 Å². The molecule has 2 rings (SSSR count). The summed E-state index contributed by atoms with van der Waals surface area (Å²) in [7, 11) is 0. The maximum atomic E-state index is 12.0. The SMILES string of the molecule is CCCNc1cnc(C(=O)NCc2ccc(CC)s2)cn1. The first-order valence-electron chi connectivity index (χ1n) is 7.14. The van der Waals surface area contributed by atoms with Gasteiger partial charge in [-0.05, 0) is 25.0 Å².